The van der Waals surface area contributed by atoms with Gasteiger partial charge in [0.25, 0.3) is 0 Å². The van der Waals surface area contributed by atoms with Gasteiger partial charge in [-0.05, 0) is 62.1 Å². The summed E-state index contributed by atoms with van der Waals surface area (Å²) < 4.78 is 17.0. The Bertz CT molecular complexity index is 1050. The second-order valence-electron chi connectivity index (χ2n) is 8.31. The molecule has 1 aliphatic heterocycles. The zero-order valence-corrected chi connectivity index (χ0v) is 20.7. The molecule has 1 unspecified atom stereocenters. The van der Waals surface area contributed by atoms with Crippen molar-refractivity contribution in [3.8, 4) is 11.5 Å². The number of methoxy groups -OCH3 is 1. The molecule has 1 heterocycles. The molecule has 0 saturated carbocycles. The van der Waals surface area contributed by atoms with Gasteiger partial charge in [-0.15, -0.1) is 0 Å². The summed E-state index contributed by atoms with van der Waals surface area (Å²) in [6.45, 7) is 5.98. The lowest BCUT2D eigenvalue weighted by Crippen LogP contribution is -2.46. The van der Waals surface area contributed by atoms with Gasteiger partial charge >= 0.3 is 12.0 Å². The van der Waals surface area contributed by atoms with Crippen molar-refractivity contribution < 1.29 is 23.8 Å². The second-order valence-corrected chi connectivity index (χ2v) is 8.74. The largest absolute Gasteiger partial charge is 0.493 e. The number of benzene rings is 2. The third kappa shape index (κ3) is 6.44. The minimum absolute atomic E-state index is 0.288. The summed E-state index contributed by atoms with van der Waals surface area (Å²) in [5.41, 5.74) is 2.64. The normalized spacial score (nSPS) is 15.6. The number of esters is 1. The average molecular weight is 487 g/mol. The first-order valence-corrected chi connectivity index (χ1v) is 11.8. The standard InChI is InChI=1S/C26H31ClN2O5/c1-5-6-7-20-23(25(30)34-16(2)3)24(29-26(31)28-20)18-10-13-21(22(14-18)32-4)33-15-17-8-11-19(27)12-9-17/h8-14,16,24H,5-7,15H2,1-4H3,(H2,28,29,31). The van der Waals surface area contributed by atoms with Gasteiger partial charge in [-0.2, -0.15) is 0 Å². The second kappa shape index (κ2) is 11.8. The van der Waals surface area contributed by atoms with E-state index in [2.05, 4.69) is 17.6 Å². The number of halogens is 1. The van der Waals surface area contributed by atoms with Gasteiger partial charge in [0.15, 0.2) is 11.5 Å². The van der Waals surface area contributed by atoms with Crippen LogP contribution in [0.5, 0.6) is 11.5 Å². The molecule has 34 heavy (non-hydrogen) atoms. The molecule has 3 rings (SSSR count). The number of rotatable bonds is 10. The van der Waals surface area contributed by atoms with Crippen LogP contribution in [0.15, 0.2) is 53.7 Å². The molecule has 1 atom stereocenters. The molecule has 0 fully saturated rings. The van der Waals surface area contributed by atoms with Gasteiger partial charge in [0.2, 0.25) is 0 Å². The molecule has 0 radical (unpaired) electrons. The van der Waals surface area contributed by atoms with Crippen molar-refractivity contribution in [1.82, 2.24) is 10.6 Å². The topological polar surface area (TPSA) is 85.9 Å². The van der Waals surface area contributed by atoms with Gasteiger partial charge in [0.1, 0.15) is 6.61 Å². The molecular weight excluding hydrogens is 456 g/mol. The van der Waals surface area contributed by atoms with Crippen LogP contribution in [0.3, 0.4) is 0 Å². The van der Waals surface area contributed by atoms with Crippen molar-refractivity contribution in [3.05, 3.63) is 69.9 Å². The van der Waals surface area contributed by atoms with Crippen molar-refractivity contribution in [2.24, 2.45) is 0 Å². The summed E-state index contributed by atoms with van der Waals surface area (Å²) in [5.74, 6) is 0.578. The predicted molar refractivity (Wildman–Crippen MR) is 131 cm³/mol. The van der Waals surface area contributed by atoms with Gasteiger partial charge in [-0.3, -0.25) is 0 Å². The number of unbranched alkanes of at least 4 members (excludes halogenated alkanes) is 1. The van der Waals surface area contributed by atoms with E-state index in [9.17, 15) is 9.59 Å². The lowest BCUT2D eigenvalue weighted by molar-refractivity contribution is -0.143. The summed E-state index contributed by atoms with van der Waals surface area (Å²) >= 11 is 5.95. The van der Waals surface area contributed by atoms with E-state index in [-0.39, 0.29) is 12.1 Å². The molecule has 2 aromatic rings. The van der Waals surface area contributed by atoms with Crippen LogP contribution in [-0.4, -0.2) is 25.2 Å². The Kier molecular flexibility index (Phi) is 8.82. The van der Waals surface area contributed by atoms with E-state index in [0.29, 0.717) is 46.4 Å². The van der Waals surface area contributed by atoms with Gasteiger partial charge in [0, 0.05) is 10.7 Å². The van der Waals surface area contributed by atoms with Crippen LogP contribution in [0.25, 0.3) is 0 Å². The predicted octanol–water partition coefficient (Wildman–Crippen LogP) is 5.68. The Morgan fingerprint density at radius 2 is 1.85 bits per heavy atom. The van der Waals surface area contributed by atoms with Crippen LogP contribution in [-0.2, 0) is 16.1 Å². The number of urea groups is 1. The van der Waals surface area contributed by atoms with E-state index in [1.165, 1.54) is 0 Å². The molecular formula is C26H31ClN2O5. The highest BCUT2D eigenvalue weighted by Crippen LogP contribution is 2.36. The molecule has 2 N–H and O–H groups in total. The van der Waals surface area contributed by atoms with Gasteiger partial charge < -0.3 is 24.8 Å². The Morgan fingerprint density at radius 1 is 1.12 bits per heavy atom. The number of allylic oxidation sites excluding steroid dienone is 1. The highest BCUT2D eigenvalue weighted by Gasteiger charge is 2.34. The lowest BCUT2D eigenvalue weighted by atomic mass is 9.93. The molecule has 2 amide bonds. The summed E-state index contributed by atoms with van der Waals surface area (Å²) in [4.78, 5) is 25.5. The third-order valence-electron chi connectivity index (χ3n) is 5.33. The maximum atomic E-state index is 13.0. The van der Waals surface area contributed by atoms with E-state index < -0.39 is 12.0 Å². The van der Waals surface area contributed by atoms with Crippen LogP contribution < -0.4 is 20.1 Å². The highest BCUT2D eigenvalue weighted by molar-refractivity contribution is 6.30. The first-order valence-electron chi connectivity index (χ1n) is 11.4. The fourth-order valence-corrected chi connectivity index (χ4v) is 3.79. The lowest BCUT2D eigenvalue weighted by Gasteiger charge is -2.30. The van der Waals surface area contributed by atoms with Crippen LogP contribution in [0.4, 0.5) is 4.79 Å². The van der Waals surface area contributed by atoms with E-state index in [1.807, 2.05) is 18.2 Å². The molecule has 8 heteroatoms. The smallest absolute Gasteiger partial charge is 0.338 e. The number of amides is 2. The number of nitrogens with one attached hydrogen (secondary N) is 2. The number of hydrogen-bond acceptors (Lipinski definition) is 5. The first kappa shape index (κ1) is 25.4. The minimum atomic E-state index is -0.675. The fraction of sp³-hybridized carbons (Fsp3) is 0.385. The Morgan fingerprint density at radius 3 is 2.50 bits per heavy atom. The summed E-state index contributed by atoms with van der Waals surface area (Å²) in [5, 5.41) is 6.32. The third-order valence-corrected chi connectivity index (χ3v) is 5.58. The van der Waals surface area contributed by atoms with E-state index in [1.54, 1.807) is 45.2 Å². The van der Waals surface area contributed by atoms with Gasteiger partial charge in [-0.25, -0.2) is 9.59 Å². The number of hydrogen-bond donors (Lipinski definition) is 2. The Labute approximate surface area is 205 Å². The van der Waals surface area contributed by atoms with Gasteiger partial charge in [-0.1, -0.05) is 43.1 Å². The van der Waals surface area contributed by atoms with E-state index in [4.69, 9.17) is 25.8 Å². The average Bonchev–Trinajstić information content (AvgIpc) is 2.81. The molecule has 0 bridgehead atoms. The molecule has 1 aliphatic rings. The fourth-order valence-electron chi connectivity index (χ4n) is 3.66. The first-order chi connectivity index (χ1) is 16.3. The summed E-state index contributed by atoms with van der Waals surface area (Å²) in [6, 6.07) is 11.7. The van der Waals surface area contributed by atoms with Crippen LogP contribution in [0, 0.1) is 0 Å². The van der Waals surface area contributed by atoms with Crippen molar-refractivity contribution in [2.75, 3.05) is 7.11 Å². The van der Waals surface area contributed by atoms with E-state index in [0.717, 1.165) is 18.4 Å². The van der Waals surface area contributed by atoms with Crippen molar-refractivity contribution in [3.63, 3.8) is 0 Å². The zero-order valence-electron chi connectivity index (χ0n) is 19.9. The minimum Gasteiger partial charge on any atom is -0.493 e. The quantitative estimate of drug-likeness (QED) is 0.422. The SMILES string of the molecule is CCCCC1=C(C(=O)OC(C)C)C(c2ccc(OCc3ccc(Cl)cc3)c(OC)c2)NC(=O)N1. The van der Waals surface area contributed by atoms with Crippen LogP contribution in [0.1, 0.15) is 57.2 Å². The van der Waals surface area contributed by atoms with Crippen molar-refractivity contribution >= 4 is 23.6 Å². The molecule has 0 spiro atoms. The van der Waals surface area contributed by atoms with Crippen LogP contribution in [0.2, 0.25) is 5.02 Å². The molecule has 7 nitrogen and oxygen atoms in total. The maximum Gasteiger partial charge on any atom is 0.338 e. The van der Waals surface area contributed by atoms with Crippen LogP contribution >= 0.6 is 11.6 Å². The maximum absolute atomic E-state index is 13.0. The molecule has 2 aromatic carbocycles. The Balaban J connectivity index is 1.92. The molecule has 0 saturated heterocycles. The highest BCUT2D eigenvalue weighted by atomic mass is 35.5. The summed E-state index contributed by atoms with van der Waals surface area (Å²) in [6.07, 6.45) is 2.05. The zero-order chi connectivity index (χ0) is 24.7. The van der Waals surface area contributed by atoms with Gasteiger partial charge in [0.05, 0.1) is 24.8 Å². The number of ether oxygens (including phenoxy) is 3. The van der Waals surface area contributed by atoms with E-state index >= 15 is 0 Å². The van der Waals surface area contributed by atoms with Crippen molar-refractivity contribution in [2.45, 2.75) is 58.8 Å². The summed E-state index contributed by atoms with van der Waals surface area (Å²) in [7, 11) is 1.55. The number of carbonyl (C=O) groups is 2. The Hall–Kier alpha value is -3.19. The molecule has 182 valence electrons. The number of carbonyl (C=O) groups excluding carboxylic acids is 2. The molecule has 0 aromatic heterocycles. The monoisotopic (exact) mass is 486 g/mol. The molecule has 0 aliphatic carbocycles. The van der Waals surface area contributed by atoms with Crippen molar-refractivity contribution in [1.29, 1.82) is 0 Å².